The second-order valence-corrected chi connectivity index (χ2v) is 5.57. The molecule has 0 unspecified atom stereocenters. The molecule has 2 rings (SSSR count). The maximum Gasteiger partial charge on any atom is 0.325 e. The molecule has 0 atom stereocenters. The van der Waals surface area contributed by atoms with E-state index in [0.29, 0.717) is 24.9 Å². The van der Waals surface area contributed by atoms with Crippen molar-refractivity contribution in [2.24, 2.45) is 0 Å². The zero-order chi connectivity index (χ0) is 16.2. The summed E-state index contributed by atoms with van der Waals surface area (Å²) < 4.78 is 1.57. The number of nitriles is 1. The molecule has 1 saturated heterocycles. The number of nitrogens with zero attached hydrogens (tertiary/aromatic N) is 4. The number of nitrogens with one attached hydrogen (secondary N) is 1. The molecular formula is C15H21N5O2. The molecule has 1 aromatic rings. The second kappa shape index (κ2) is 6.60. The summed E-state index contributed by atoms with van der Waals surface area (Å²) in [4.78, 5) is 26.1. The molecule has 118 valence electrons. The van der Waals surface area contributed by atoms with Gasteiger partial charge in [0.05, 0.1) is 24.8 Å². The Morgan fingerprint density at radius 2 is 1.95 bits per heavy atom. The van der Waals surface area contributed by atoms with Gasteiger partial charge in [0.1, 0.15) is 11.6 Å². The van der Waals surface area contributed by atoms with E-state index in [4.69, 9.17) is 5.26 Å². The monoisotopic (exact) mass is 303 g/mol. The van der Waals surface area contributed by atoms with Gasteiger partial charge in [0.2, 0.25) is 0 Å². The number of urea groups is 1. The zero-order valence-electron chi connectivity index (χ0n) is 13.0. The van der Waals surface area contributed by atoms with Gasteiger partial charge in [0, 0.05) is 6.20 Å². The molecule has 3 amide bonds. The minimum Gasteiger partial charge on any atom is -0.323 e. The van der Waals surface area contributed by atoms with E-state index in [1.165, 1.54) is 11.1 Å². The largest absolute Gasteiger partial charge is 0.325 e. The highest BCUT2D eigenvalue weighted by Gasteiger charge is 2.49. The van der Waals surface area contributed by atoms with Crippen molar-refractivity contribution in [3.8, 4) is 6.07 Å². The quantitative estimate of drug-likeness (QED) is 0.775. The summed E-state index contributed by atoms with van der Waals surface area (Å²) >= 11 is 0. The van der Waals surface area contributed by atoms with Crippen LogP contribution in [0.1, 0.15) is 45.1 Å². The van der Waals surface area contributed by atoms with Gasteiger partial charge in [0.15, 0.2) is 0 Å². The molecule has 7 heteroatoms. The first-order valence-corrected chi connectivity index (χ1v) is 7.63. The summed E-state index contributed by atoms with van der Waals surface area (Å²) in [5.41, 5.74) is -0.286. The minimum atomic E-state index is -0.748. The molecule has 2 heterocycles. The number of hydrogen-bond donors (Lipinski definition) is 1. The van der Waals surface area contributed by atoms with Crippen molar-refractivity contribution in [1.82, 2.24) is 20.0 Å². The van der Waals surface area contributed by atoms with Crippen LogP contribution in [-0.4, -0.2) is 38.7 Å². The standard InChI is InChI=1S/C15H21N5O2/c1-3-5-15(6-4-2)13(21)20(14(22)18-15)8-7-19-11-12(9-16)10-17-19/h10-11H,3-8H2,1-2H3,(H,18,22). The maximum absolute atomic E-state index is 12.7. The van der Waals surface area contributed by atoms with Crippen molar-refractivity contribution in [2.75, 3.05) is 6.54 Å². The molecule has 7 nitrogen and oxygen atoms in total. The van der Waals surface area contributed by atoms with Crippen LogP contribution in [0.25, 0.3) is 0 Å². The van der Waals surface area contributed by atoms with Gasteiger partial charge in [-0.3, -0.25) is 14.4 Å². The lowest BCUT2D eigenvalue weighted by molar-refractivity contribution is -0.132. The van der Waals surface area contributed by atoms with E-state index in [-0.39, 0.29) is 18.5 Å². The predicted octanol–water partition coefficient (Wildman–Crippen LogP) is 1.65. The fourth-order valence-electron chi connectivity index (χ4n) is 2.94. The van der Waals surface area contributed by atoms with E-state index in [1.807, 2.05) is 19.9 Å². The molecule has 22 heavy (non-hydrogen) atoms. The number of hydrogen-bond acceptors (Lipinski definition) is 4. The van der Waals surface area contributed by atoms with Crippen molar-refractivity contribution in [1.29, 1.82) is 5.26 Å². The molecule has 1 aliphatic rings. The Bertz CT molecular complexity index is 595. The lowest BCUT2D eigenvalue weighted by atomic mass is 9.88. The van der Waals surface area contributed by atoms with Crippen molar-refractivity contribution >= 4 is 11.9 Å². The Hall–Kier alpha value is -2.36. The van der Waals surface area contributed by atoms with Crippen LogP contribution in [0.4, 0.5) is 4.79 Å². The molecule has 1 fully saturated rings. The Morgan fingerprint density at radius 3 is 2.50 bits per heavy atom. The van der Waals surface area contributed by atoms with Gasteiger partial charge in [-0.2, -0.15) is 10.4 Å². The first kappa shape index (κ1) is 16.0. The summed E-state index contributed by atoms with van der Waals surface area (Å²) in [5.74, 6) is -0.145. The molecule has 1 aromatic heterocycles. The van der Waals surface area contributed by atoms with Crippen molar-refractivity contribution in [3.05, 3.63) is 18.0 Å². The minimum absolute atomic E-state index is 0.145. The number of rotatable bonds is 7. The average Bonchev–Trinajstić information content (AvgIpc) is 3.03. The van der Waals surface area contributed by atoms with Crippen LogP contribution in [0.2, 0.25) is 0 Å². The van der Waals surface area contributed by atoms with E-state index in [1.54, 1.807) is 10.9 Å². The van der Waals surface area contributed by atoms with E-state index < -0.39 is 5.54 Å². The fourth-order valence-corrected chi connectivity index (χ4v) is 2.94. The summed E-state index contributed by atoms with van der Waals surface area (Å²) in [7, 11) is 0. The normalized spacial score (nSPS) is 16.7. The number of carbonyl (C=O) groups excluding carboxylic acids is 2. The molecule has 1 N–H and O–H groups in total. The molecule has 0 aliphatic carbocycles. The van der Waals surface area contributed by atoms with Crippen LogP contribution in [0.5, 0.6) is 0 Å². The van der Waals surface area contributed by atoms with Crippen LogP contribution < -0.4 is 5.32 Å². The molecular weight excluding hydrogens is 282 g/mol. The lowest BCUT2D eigenvalue weighted by Crippen LogP contribution is -2.47. The first-order chi connectivity index (χ1) is 10.6. The van der Waals surface area contributed by atoms with Gasteiger partial charge in [-0.15, -0.1) is 0 Å². The van der Waals surface area contributed by atoms with Crippen molar-refractivity contribution in [3.63, 3.8) is 0 Å². The molecule has 1 aliphatic heterocycles. The summed E-state index contributed by atoms with van der Waals surface area (Å²) in [6.45, 7) is 4.65. The SMILES string of the molecule is CCCC1(CCC)NC(=O)N(CCn2cc(C#N)cn2)C1=O. The lowest BCUT2D eigenvalue weighted by Gasteiger charge is -2.25. The van der Waals surface area contributed by atoms with E-state index in [0.717, 1.165) is 12.8 Å². The third-order valence-electron chi connectivity index (χ3n) is 3.91. The van der Waals surface area contributed by atoms with Gasteiger partial charge in [-0.05, 0) is 12.8 Å². The number of aromatic nitrogens is 2. The summed E-state index contributed by atoms with van der Waals surface area (Å²) in [6.07, 6.45) is 6.05. The highest BCUT2D eigenvalue weighted by atomic mass is 16.2. The van der Waals surface area contributed by atoms with E-state index >= 15 is 0 Å². The number of imide groups is 1. The smallest absolute Gasteiger partial charge is 0.323 e. The highest BCUT2D eigenvalue weighted by molar-refractivity contribution is 6.07. The van der Waals surface area contributed by atoms with Gasteiger partial charge in [-0.1, -0.05) is 26.7 Å². The summed E-state index contributed by atoms with van der Waals surface area (Å²) in [6, 6.07) is 1.66. The molecule has 0 spiro atoms. The fraction of sp³-hybridized carbons (Fsp3) is 0.600. The van der Waals surface area contributed by atoms with Crippen LogP contribution in [0.3, 0.4) is 0 Å². The maximum atomic E-state index is 12.7. The Morgan fingerprint density at radius 1 is 1.27 bits per heavy atom. The van der Waals surface area contributed by atoms with Gasteiger partial charge >= 0.3 is 6.03 Å². The third-order valence-corrected chi connectivity index (χ3v) is 3.91. The molecule has 0 saturated carbocycles. The Labute approximate surface area is 129 Å². The number of amides is 3. The molecule has 0 bridgehead atoms. The topological polar surface area (TPSA) is 91.0 Å². The zero-order valence-corrected chi connectivity index (χ0v) is 13.0. The van der Waals surface area contributed by atoms with Crippen LogP contribution in [-0.2, 0) is 11.3 Å². The van der Waals surface area contributed by atoms with Gasteiger partial charge in [-0.25, -0.2) is 4.79 Å². The second-order valence-electron chi connectivity index (χ2n) is 5.57. The van der Waals surface area contributed by atoms with Crippen LogP contribution >= 0.6 is 0 Å². The van der Waals surface area contributed by atoms with Gasteiger partial charge < -0.3 is 5.32 Å². The van der Waals surface area contributed by atoms with Crippen LogP contribution in [0.15, 0.2) is 12.4 Å². The van der Waals surface area contributed by atoms with Crippen molar-refractivity contribution in [2.45, 2.75) is 51.6 Å². The summed E-state index contributed by atoms with van der Waals surface area (Å²) in [5, 5.41) is 15.7. The molecule has 0 aromatic carbocycles. The van der Waals surface area contributed by atoms with E-state index in [2.05, 4.69) is 10.4 Å². The molecule has 0 radical (unpaired) electrons. The van der Waals surface area contributed by atoms with E-state index in [9.17, 15) is 9.59 Å². The number of carbonyl (C=O) groups is 2. The third kappa shape index (κ3) is 2.96. The Kier molecular flexibility index (Phi) is 4.81. The first-order valence-electron chi connectivity index (χ1n) is 7.63. The van der Waals surface area contributed by atoms with Crippen molar-refractivity contribution < 1.29 is 9.59 Å². The highest BCUT2D eigenvalue weighted by Crippen LogP contribution is 2.27. The average molecular weight is 303 g/mol. The predicted molar refractivity (Wildman–Crippen MR) is 79.7 cm³/mol. The Balaban J connectivity index is 2.06. The van der Waals surface area contributed by atoms with Crippen LogP contribution in [0, 0.1) is 11.3 Å². The van der Waals surface area contributed by atoms with Gasteiger partial charge in [0.25, 0.3) is 5.91 Å².